The van der Waals surface area contributed by atoms with Crippen molar-refractivity contribution >= 4 is 11.6 Å². The summed E-state index contributed by atoms with van der Waals surface area (Å²) in [5.41, 5.74) is 3.54. The van der Waals surface area contributed by atoms with E-state index in [2.05, 4.69) is 5.32 Å². The largest absolute Gasteiger partial charge is 0.419 e. The molecule has 0 unspecified atom stereocenters. The summed E-state index contributed by atoms with van der Waals surface area (Å²) in [6.07, 6.45) is -2.39. The van der Waals surface area contributed by atoms with Crippen molar-refractivity contribution in [2.45, 2.75) is 6.18 Å². The zero-order chi connectivity index (χ0) is 13.8. The molecule has 18 heavy (non-hydrogen) atoms. The van der Waals surface area contributed by atoms with E-state index in [-0.39, 0.29) is 12.2 Å². The van der Waals surface area contributed by atoms with E-state index in [1.165, 1.54) is 6.08 Å². The van der Waals surface area contributed by atoms with Crippen molar-refractivity contribution in [2.24, 2.45) is 5.73 Å². The lowest BCUT2D eigenvalue weighted by Crippen LogP contribution is -2.12. The molecule has 1 aromatic carbocycles. The van der Waals surface area contributed by atoms with Crippen LogP contribution in [0.25, 0.3) is 0 Å². The van der Waals surface area contributed by atoms with Gasteiger partial charge in [0.2, 0.25) is 5.91 Å². The number of anilines is 1. The SMILES string of the molecule is NC/C=C/C(=O)Nc1ccc(F)c(C(F)(F)F)c1. The minimum Gasteiger partial charge on any atom is -0.327 e. The van der Waals surface area contributed by atoms with Gasteiger partial charge in [-0.25, -0.2) is 4.39 Å². The number of halogens is 4. The van der Waals surface area contributed by atoms with Crippen LogP contribution in [0.5, 0.6) is 0 Å². The van der Waals surface area contributed by atoms with Crippen LogP contribution in [0.3, 0.4) is 0 Å². The molecule has 0 heterocycles. The molecule has 0 fully saturated rings. The lowest BCUT2D eigenvalue weighted by Gasteiger charge is -2.10. The number of nitrogens with two attached hydrogens (primary N) is 1. The molecule has 3 nitrogen and oxygen atoms in total. The van der Waals surface area contributed by atoms with Gasteiger partial charge < -0.3 is 11.1 Å². The summed E-state index contributed by atoms with van der Waals surface area (Å²) in [6.45, 7) is 0.130. The number of alkyl halides is 3. The number of carbonyl (C=O) groups is 1. The highest BCUT2D eigenvalue weighted by molar-refractivity contribution is 5.99. The Balaban J connectivity index is 2.93. The first-order valence-corrected chi connectivity index (χ1v) is 4.89. The number of nitrogens with one attached hydrogen (secondary N) is 1. The quantitative estimate of drug-likeness (QED) is 0.648. The minimum atomic E-state index is -4.81. The zero-order valence-electron chi connectivity index (χ0n) is 9.09. The average Bonchev–Trinajstić information content (AvgIpc) is 2.27. The zero-order valence-corrected chi connectivity index (χ0v) is 9.09. The highest BCUT2D eigenvalue weighted by Crippen LogP contribution is 2.32. The molecule has 1 rings (SSSR count). The second-order valence-corrected chi connectivity index (χ2v) is 3.32. The lowest BCUT2D eigenvalue weighted by atomic mass is 10.2. The van der Waals surface area contributed by atoms with Crippen molar-refractivity contribution in [3.63, 3.8) is 0 Å². The Morgan fingerprint density at radius 3 is 2.61 bits per heavy atom. The molecule has 0 atom stereocenters. The molecular formula is C11H10F4N2O. The van der Waals surface area contributed by atoms with Gasteiger partial charge in [-0.05, 0) is 18.2 Å². The molecule has 0 spiro atoms. The van der Waals surface area contributed by atoms with Gasteiger partial charge in [0, 0.05) is 18.3 Å². The monoisotopic (exact) mass is 262 g/mol. The normalized spacial score (nSPS) is 11.8. The molecule has 3 N–H and O–H groups in total. The van der Waals surface area contributed by atoms with Crippen molar-refractivity contribution in [3.8, 4) is 0 Å². The maximum Gasteiger partial charge on any atom is 0.419 e. The molecule has 0 saturated carbocycles. The average molecular weight is 262 g/mol. The van der Waals surface area contributed by atoms with E-state index in [9.17, 15) is 22.4 Å². The van der Waals surface area contributed by atoms with Gasteiger partial charge in [0.1, 0.15) is 5.82 Å². The third kappa shape index (κ3) is 3.85. The van der Waals surface area contributed by atoms with Gasteiger partial charge in [0.15, 0.2) is 0 Å². The molecule has 0 aliphatic carbocycles. The number of benzene rings is 1. The minimum absolute atomic E-state index is 0.130. The van der Waals surface area contributed by atoms with Gasteiger partial charge in [0.05, 0.1) is 5.56 Å². The van der Waals surface area contributed by atoms with Gasteiger partial charge in [0.25, 0.3) is 0 Å². The second kappa shape index (κ2) is 5.63. The van der Waals surface area contributed by atoms with E-state index < -0.39 is 23.5 Å². The summed E-state index contributed by atoms with van der Waals surface area (Å²) in [6, 6.07) is 2.22. The lowest BCUT2D eigenvalue weighted by molar-refractivity contribution is -0.140. The predicted octanol–water partition coefficient (Wildman–Crippen LogP) is 2.30. The van der Waals surface area contributed by atoms with Crippen LogP contribution in [0.4, 0.5) is 23.2 Å². The maximum absolute atomic E-state index is 12.9. The number of hydrogen-bond acceptors (Lipinski definition) is 2. The summed E-state index contributed by atoms with van der Waals surface area (Å²) in [4.78, 5) is 11.2. The second-order valence-electron chi connectivity index (χ2n) is 3.32. The Morgan fingerprint density at radius 2 is 2.06 bits per heavy atom. The summed E-state index contributed by atoms with van der Waals surface area (Å²) in [5.74, 6) is -2.03. The summed E-state index contributed by atoms with van der Waals surface area (Å²) in [7, 11) is 0. The molecule has 7 heteroatoms. The summed E-state index contributed by atoms with van der Waals surface area (Å²) >= 11 is 0. The van der Waals surface area contributed by atoms with Crippen molar-refractivity contribution in [1.82, 2.24) is 0 Å². The smallest absolute Gasteiger partial charge is 0.327 e. The number of amides is 1. The molecule has 0 aliphatic rings. The first-order chi connectivity index (χ1) is 8.34. The third-order valence-corrected chi connectivity index (χ3v) is 1.94. The van der Waals surface area contributed by atoms with E-state index in [0.29, 0.717) is 12.1 Å². The number of hydrogen-bond donors (Lipinski definition) is 2. The molecule has 0 saturated heterocycles. The molecule has 1 amide bonds. The standard InChI is InChI=1S/C11H10F4N2O/c12-9-4-3-7(6-8(9)11(13,14)15)17-10(18)2-1-5-16/h1-4,6H,5,16H2,(H,17,18)/b2-1+. The van der Waals surface area contributed by atoms with Crippen LogP contribution in [0.2, 0.25) is 0 Å². The Bertz CT molecular complexity index is 469. The van der Waals surface area contributed by atoms with Crippen LogP contribution in [-0.4, -0.2) is 12.5 Å². The number of carbonyl (C=O) groups excluding carboxylic acids is 1. The van der Waals surface area contributed by atoms with Crippen LogP contribution in [0, 0.1) is 5.82 Å². The van der Waals surface area contributed by atoms with E-state index in [0.717, 1.165) is 12.1 Å². The van der Waals surface area contributed by atoms with Crippen LogP contribution >= 0.6 is 0 Å². The molecule has 0 aromatic heterocycles. The molecule has 0 aliphatic heterocycles. The van der Waals surface area contributed by atoms with Crippen molar-refractivity contribution < 1.29 is 22.4 Å². The number of rotatable bonds is 3. The first kappa shape index (κ1) is 14.2. The highest BCUT2D eigenvalue weighted by atomic mass is 19.4. The topological polar surface area (TPSA) is 55.1 Å². The van der Waals surface area contributed by atoms with Crippen LogP contribution in [0.15, 0.2) is 30.4 Å². The molecule has 0 radical (unpaired) electrons. The fourth-order valence-corrected chi connectivity index (χ4v) is 1.18. The van der Waals surface area contributed by atoms with Gasteiger partial charge in [-0.3, -0.25) is 4.79 Å². The van der Waals surface area contributed by atoms with E-state index >= 15 is 0 Å². The van der Waals surface area contributed by atoms with Gasteiger partial charge in [-0.1, -0.05) is 6.08 Å². The van der Waals surface area contributed by atoms with Crippen LogP contribution < -0.4 is 11.1 Å². The fraction of sp³-hybridized carbons (Fsp3) is 0.182. The van der Waals surface area contributed by atoms with Crippen molar-refractivity contribution in [3.05, 3.63) is 41.7 Å². The first-order valence-electron chi connectivity index (χ1n) is 4.89. The highest BCUT2D eigenvalue weighted by Gasteiger charge is 2.34. The molecule has 1 aromatic rings. The molecular weight excluding hydrogens is 252 g/mol. The van der Waals surface area contributed by atoms with E-state index in [4.69, 9.17) is 5.73 Å². The van der Waals surface area contributed by atoms with Gasteiger partial charge >= 0.3 is 6.18 Å². The van der Waals surface area contributed by atoms with Crippen molar-refractivity contribution in [2.75, 3.05) is 11.9 Å². The van der Waals surface area contributed by atoms with Gasteiger partial charge in [-0.15, -0.1) is 0 Å². The Kier molecular flexibility index (Phi) is 4.43. The third-order valence-electron chi connectivity index (χ3n) is 1.94. The van der Waals surface area contributed by atoms with E-state index in [1.807, 2.05) is 0 Å². The van der Waals surface area contributed by atoms with Crippen LogP contribution in [-0.2, 0) is 11.0 Å². The Hall–Kier alpha value is -1.89. The Labute approximate surface area is 100 Å². The summed E-state index contributed by atoms with van der Waals surface area (Å²) < 4.78 is 50.1. The fourth-order valence-electron chi connectivity index (χ4n) is 1.18. The molecule has 98 valence electrons. The Morgan fingerprint density at radius 1 is 1.39 bits per heavy atom. The van der Waals surface area contributed by atoms with Crippen LogP contribution in [0.1, 0.15) is 5.56 Å². The van der Waals surface area contributed by atoms with E-state index in [1.54, 1.807) is 0 Å². The van der Waals surface area contributed by atoms with Crippen molar-refractivity contribution in [1.29, 1.82) is 0 Å². The predicted molar refractivity (Wildman–Crippen MR) is 58.2 cm³/mol. The maximum atomic E-state index is 12.9. The van der Waals surface area contributed by atoms with Gasteiger partial charge in [-0.2, -0.15) is 13.2 Å². The molecule has 0 bridgehead atoms. The summed E-state index contributed by atoms with van der Waals surface area (Å²) in [5, 5.41) is 2.17.